The molecule has 1 aliphatic rings. The van der Waals surface area contributed by atoms with E-state index in [4.69, 9.17) is 25.9 Å². The summed E-state index contributed by atoms with van der Waals surface area (Å²) in [7, 11) is 2.94. The van der Waals surface area contributed by atoms with Gasteiger partial charge in [0.2, 0.25) is 0 Å². The smallest absolute Gasteiger partial charge is 0.497 e. The number of fused-ring (bicyclic) bond motifs is 1. The number of anilines is 2. The Hall–Kier alpha value is -4.16. The molecular formula is C33H37ClF3N3O6. The van der Waals surface area contributed by atoms with Crippen molar-refractivity contribution in [1.82, 2.24) is 0 Å². The number of alkyl halides is 3. The molecule has 0 radical (unpaired) electrons. The first-order valence-corrected chi connectivity index (χ1v) is 14.7. The van der Waals surface area contributed by atoms with Crippen LogP contribution in [0.25, 0.3) is 0 Å². The number of hydrogen-bond acceptors (Lipinski definition) is 8. The number of hydrogen-bond donors (Lipinski definition) is 2. The summed E-state index contributed by atoms with van der Waals surface area (Å²) in [4.78, 5) is 21.5. The lowest BCUT2D eigenvalue weighted by atomic mass is 9.87. The Morgan fingerprint density at radius 3 is 2.41 bits per heavy atom. The third kappa shape index (κ3) is 7.97. The summed E-state index contributed by atoms with van der Waals surface area (Å²) in [6.45, 7) is 8.86. The van der Waals surface area contributed by atoms with Crippen LogP contribution in [0.1, 0.15) is 57.4 Å². The molecular weight excluding hydrogens is 627 g/mol. The third-order valence-electron chi connectivity index (χ3n) is 7.48. The van der Waals surface area contributed by atoms with E-state index in [-0.39, 0.29) is 13.2 Å². The minimum atomic E-state index is -4.90. The molecule has 1 amide bonds. The molecule has 0 aliphatic carbocycles. The van der Waals surface area contributed by atoms with Crippen LogP contribution in [0.5, 0.6) is 17.2 Å². The Labute approximate surface area is 270 Å². The van der Waals surface area contributed by atoms with Crippen LogP contribution in [0.3, 0.4) is 0 Å². The molecule has 0 saturated heterocycles. The Kier molecular flexibility index (Phi) is 10.0. The lowest BCUT2D eigenvalue weighted by molar-refractivity contribution is -0.274. The van der Waals surface area contributed by atoms with Gasteiger partial charge in [0.05, 0.1) is 32.2 Å². The van der Waals surface area contributed by atoms with Gasteiger partial charge in [-0.1, -0.05) is 42.7 Å². The molecule has 13 heteroatoms. The van der Waals surface area contributed by atoms with Crippen LogP contribution in [0, 0.1) is 0 Å². The highest BCUT2D eigenvalue weighted by atomic mass is 35.5. The number of aliphatic hydroxyl groups is 1. The summed E-state index contributed by atoms with van der Waals surface area (Å²) in [5.41, 5.74) is 1.49. The van der Waals surface area contributed by atoms with Gasteiger partial charge in [0.1, 0.15) is 23.3 Å². The van der Waals surface area contributed by atoms with E-state index in [9.17, 15) is 23.1 Å². The van der Waals surface area contributed by atoms with Crippen molar-refractivity contribution in [3.05, 3.63) is 76.3 Å². The number of oxime groups is 1. The maximum atomic E-state index is 14.6. The van der Waals surface area contributed by atoms with E-state index in [1.807, 2.05) is 13.8 Å². The summed E-state index contributed by atoms with van der Waals surface area (Å²) in [5.74, 6) is -0.118. The van der Waals surface area contributed by atoms with Crippen molar-refractivity contribution in [2.75, 3.05) is 37.6 Å². The Morgan fingerprint density at radius 2 is 1.78 bits per heavy atom. The fourth-order valence-electron chi connectivity index (χ4n) is 5.07. The van der Waals surface area contributed by atoms with Gasteiger partial charge in [-0.2, -0.15) is 0 Å². The number of carbonyl (C=O) groups is 1. The van der Waals surface area contributed by atoms with E-state index in [0.29, 0.717) is 50.3 Å². The molecule has 0 bridgehead atoms. The maximum absolute atomic E-state index is 14.6. The zero-order chi connectivity index (χ0) is 34.0. The SMILES string of the molecule is COc1cc(NC(C(=O)N2CC(C)(C)c3ccc(OC(F)(F)F)cc32)c2ccc(Cl)cc2OC)cc(C(C)=NOC(C)(C)CO)c1. The molecule has 248 valence electrons. The van der Waals surface area contributed by atoms with E-state index in [0.717, 1.165) is 0 Å². The van der Waals surface area contributed by atoms with Crippen molar-refractivity contribution >= 4 is 34.6 Å². The van der Waals surface area contributed by atoms with Gasteiger partial charge in [0.15, 0.2) is 5.60 Å². The molecule has 0 aromatic heterocycles. The number of aliphatic hydroxyl groups excluding tert-OH is 1. The second kappa shape index (κ2) is 13.3. The number of nitrogens with zero attached hydrogens (tertiary/aromatic N) is 2. The van der Waals surface area contributed by atoms with Crippen LogP contribution in [0.4, 0.5) is 24.5 Å². The van der Waals surface area contributed by atoms with Crippen LogP contribution < -0.4 is 24.4 Å². The van der Waals surface area contributed by atoms with Crippen molar-refractivity contribution < 1.29 is 42.1 Å². The van der Waals surface area contributed by atoms with Crippen LogP contribution in [-0.2, 0) is 15.0 Å². The normalized spacial score (nSPS) is 15.2. The predicted octanol–water partition coefficient (Wildman–Crippen LogP) is 7.24. The molecule has 3 aromatic carbocycles. The number of methoxy groups -OCH3 is 2. The van der Waals surface area contributed by atoms with Crippen molar-refractivity contribution in [2.24, 2.45) is 5.16 Å². The van der Waals surface area contributed by atoms with Crippen LogP contribution in [0.15, 0.2) is 59.8 Å². The highest BCUT2D eigenvalue weighted by Crippen LogP contribution is 2.45. The van der Waals surface area contributed by atoms with Crippen molar-refractivity contribution in [3.63, 3.8) is 0 Å². The quantitative estimate of drug-likeness (QED) is 0.165. The molecule has 1 heterocycles. The monoisotopic (exact) mass is 663 g/mol. The van der Waals surface area contributed by atoms with Crippen LogP contribution in [-0.4, -0.2) is 56.1 Å². The van der Waals surface area contributed by atoms with E-state index in [1.165, 1.54) is 31.3 Å². The van der Waals surface area contributed by atoms with E-state index in [2.05, 4.69) is 15.2 Å². The maximum Gasteiger partial charge on any atom is 0.573 e. The highest BCUT2D eigenvalue weighted by molar-refractivity contribution is 6.30. The summed E-state index contributed by atoms with van der Waals surface area (Å²) >= 11 is 6.25. The largest absolute Gasteiger partial charge is 0.573 e. The summed E-state index contributed by atoms with van der Waals surface area (Å²) in [6, 6.07) is 12.9. The van der Waals surface area contributed by atoms with E-state index >= 15 is 0 Å². The molecule has 2 N–H and O–H groups in total. The van der Waals surface area contributed by atoms with Crippen LogP contribution >= 0.6 is 11.6 Å². The van der Waals surface area contributed by atoms with Crippen molar-refractivity contribution in [2.45, 2.75) is 58.0 Å². The second-order valence-electron chi connectivity index (χ2n) is 12.1. The first-order valence-electron chi connectivity index (χ1n) is 14.3. The molecule has 46 heavy (non-hydrogen) atoms. The van der Waals surface area contributed by atoms with Gasteiger partial charge >= 0.3 is 6.36 Å². The summed E-state index contributed by atoms with van der Waals surface area (Å²) < 4.78 is 54.6. The number of nitrogens with one attached hydrogen (secondary N) is 1. The molecule has 4 rings (SSSR count). The number of carbonyl (C=O) groups excluding carboxylic acids is 1. The molecule has 9 nitrogen and oxygen atoms in total. The fraction of sp³-hybridized carbons (Fsp3) is 0.394. The minimum Gasteiger partial charge on any atom is -0.497 e. The van der Waals surface area contributed by atoms with Crippen molar-refractivity contribution in [3.8, 4) is 17.2 Å². The topological polar surface area (TPSA) is 102 Å². The minimum absolute atomic E-state index is 0.192. The van der Waals surface area contributed by atoms with Gasteiger partial charge in [-0.25, -0.2) is 0 Å². The first-order chi connectivity index (χ1) is 21.5. The van der Waals surface area contributed by atoms with E-state index < -0.39 is 35.1 Å². The first kappa shape index (κ1) is 34.7. The fourth-order valence-corrected chi connectivity index (χ4v) is 5.23. The van der Waals surface area contributed by atoms with Crippen LogP contribution in [0.2, 0.25) is 5.02 Å². The molecule has 0 fully saturated rings. The zero-order valence-electron chi connectivity index (χ0n) is 26.6. The second-order valence-corrected chi connectivity index (χ2v) is 12.6. The van der Waals surface area contributed by atoms with Gasteiger partial charge in [0.25, 0.3) is 5.91 Å². The van der Waals surface area contributed by atoms with Gasteiger partial charge < -0.3 is 34.4 Å². The number of benzene rings is 3. The molecule has 3 aromatic rings. The molecule has 1 atom stereocenters. The Balaban J connectivity index is 1.81. The summed E-state index contributed by atoms with van der Waals surface area (Å²) in [6.07, 6.45) is -4.90. The Bertz CT molecular complexity index is 1630. The number of amides is 1. The average molecular weight is 664 g/mol. The highest BCUT2D eigenvalue weighted by Gasteiger charge is 2.42. The lowest BCUT2D eigenvalue weighted by Crippen LogP contribution is -2.40. The average Bonchev–Trinajstić information content (AvgIpc) is 3.26. The van der Waals surface area contributed by atoms with Gasteiger partial charge in [-0.05, 0) is 56.7 Å². The predicted molar refractivity (Wildman–Crippen MR) is 170 cm³/mol. The lowest BCUT2D eigenvalue weighted by Gasteiger charge is -2.28. The number of ether oxygens (including phenoxy) is 3. The van der Waals surface area contributed by atoms with Gasteiger partial charge in [0, 0.05) is 45.9 Å². The number of rotatable bonds is 11. The molecule has 1 aliphatic heterocycles. The standard InChI is InChI=1S/C33H37ClF3N3O6/c1-19(39-46-32(4,5)18-41)20-12-22(15-24(13-20)43-6)38-29(25-10-8-21(34)14-28(25)44-7)30(42)40-17-31(2,3)26-11-9-23(16-27(26)40)45-33(35,36)37/h8-16,29,38,41H,17-18H2,1-7H3. The molecule has 1 unspecified atom stereocenters. The van der Waals surface area contributed by atoms with E-state index in [1.54, 1.807) is 63.2 Å². The summed E-state index contributed by atoms with van der Waals surface area (Å²) in [5, 5.41) is 17.4. The number of halogens is 4. The third-order valence-corrected chi connectivity index (χ3v) is 7.71. The van der Waals surface area contributed by atoms with Crippen molar-refractivity contribution in [1.29, 1.82) is 0 Å². The van der Waals surface area contributed by atoms with Gasteiger partial charge in [-0.3, -0.25) is 4.79 Å². The zero-order valence-corrected chi connectivity index (χ0v) is 27.3. The Morgan fingerprint density at radius 1 is 1.07 bits per heavy atom. The molecule has 0 saturated carbocycles. The van der Waals surface area contributed by atoms with Gasteiger partial charge in [-0.15, -0.1) is 13.2 Å². The molecule has 0 spiro atoms.